The fraction of sp³-hybridized carbons (Fsp3) is 0.444. The van der Waals surface area contributed by atoms with Crippen molar-refractivity contribution < 1.29 is 9.53 Å². The highest BCUT2D eigenvalue weighted by Gasteiger charge is 2.11. The first-order chi connectivity index (χ1) is 11.2. The first-order valence-corrected chi connectivity index (χ1v) is 7.95. The average Bonchev–Trinajstić information content (AvgIpc) is 2.59. The number of hydrogen-bond donors (Lipinski definition) is 0. The molecule has 0 aromatic heterocycles. The van der Waals surface area contributed by atoms with Crippen molar-refractivity contribution in [2.45, 2.75) is 45.4 Å². The second kappa shape index (κ2) is 11.0. The monoisotopic (exact) mass is 312 g/mol. The van der Waals surface area contributed by atoms with Gasteiger partial charge in [-0.1, -0.05) is 39.0 Å². The smallest absolute Gasteiger partial charge is 0.385 e. The van der Waals surface area contributed by atoms with E-state index in [9.17, 15) is 4.79 Å². The largest absolute Gasteiger partial charge is 0.462 e. The Morgan fingerprint density at radius 1 is 1.17 bits per heavy atom. The molecular weight excluding hydrogens is 290 g/mol. The number of hydrogen-bond acceptors (Lipinski definition) is 4. The summed E-state index contributed by atoms with van der Waals surface area (Å²) in [4.78, 5) is 14.9. The number of benzene rings is 1. The van der Waals surface area contributed by atoms with Gasteiger partial charge in [-0.05, 0) is 30.2 Å². The summed E-state index contributed by atoms with van der Waals surface area (Å²) >= 11 is 0. The standard InChI is InChI=1S/C18H22N3O2/c1-2-3-4-5-6-7-12-23-18(22)16(14-19)13-15-8-10-17(21-20)11-9-15/h8-11,13H,2-7,12H2,1H3/q+1/b16-13-. The molecule has 0 heterocycles. The summed E-state index contributed by atoms with van der Waals surface area (Å²) in [7, 11) is 0. The molecule has 120 valence electrons. The molecule has 0 aliphatic rings. The van der Waals surface area contributed by atoms with Crippen LogP contribution in [0.5, 0.6) is 0 Å². The number of carbonyl (C=O) groups excluding carboxylic acids is 1. The zero-order valence-corrected chi connectivity index (χ0v) is 13.5. The van der Waals surface area contributed by atoms with Crippen LogP contribution in [-0.2, 0) is 9.53 Å². The van der Waals surface area contributed by atoms with Crippen LogP contribution in [0.3, 0.4) is 0 Å². The molecule has 0 spiro atoms. The second-order valence-corrected chi connectivity index (χ2v) is 5.27. The van der Waals surface area contributed by atoms with E-state index in [2.05, 4.69) is 11.9 Å². The minimum Gasteiger partial charge on any atom is -0.462 e. The Morgan fingerprint density at radius 3 is 2.43 bits per heavy atom. The summed E-state index contributed by atoms with van der Waals surface area (Å²) in [5, 5.41) is 17.7. The topological polar surface area (TPSA) is 78.2 Å². The van der Waals surface area contributed by atoms with Gasteiger partial charge in [0.05, 0.1) is 6.61 Å². The van der Waals surface area contributed by atoms with Gasteiger partial charge in [-0.15, -0.1) is 0 Å². The Kier molecular flexibility index (Phi) is 8.78. The van der Waals surface area contributed by atoms with Crippen molar-refractivity contribution in [2.75, 3.05) is 6.61 Å². The average molecular weight is 312 g/mol. The first-order valence-electron chi connectivity index (χ1n) is 7.95. The third-order valence-corrected chi connectivity index (χ3v) is 3.39. The van der Waals surface area contributed by atoms with Gasteiger partial charge in [0.1, 0.15) is 11.6 Å². The Balaban J connectivity index is 2.44. The van der Waals surface area contributed by atoms with Crippen LogP contribution in [0.4, 0.5) is 5.69 Å². The number of ether oxygens (including phenoxy) is 1. The normalized spacial score (nSPS) is 10.7. The van der Waals surface area contributed by atoms with Crippen LogP contribution in [0.15, 0.2) is 29.8 Å². The van der Waals surface area contributed by atoms with Crippen molar-refractivity contribution in [3.05, 3.63) is 40.4 Å². The van der Waals surface area contributed by atoms with Crippen molar-refractivity contribution in [2.24, 2.45) is 0 Å². The molecule has 0 N–H and O–H groups in total. The van der Waals surface area contributed by atoms with Gasteiger partial charge in [0, 0.05) is 12.1 Å². The van der Waals surface area contributed by atoms with E-state index in [1.54, 1.807) is 24.3 Å². The van der Waals surface area contributed by atoms with Gasteiger partial charge in [0.25, 0.3) is 0 Å². The third kappa shape index (κ3) is 7.24. The summed E-state index contributed by atoms with van der Waals surface area (Å²) in [6.45, 7) is 2.51. The first kappa shape index (κ1) is 18.4. The lowest BCUT2D eigenvalue weighted by atomic mass is 10.1. The van der Waals surface area contributed by atoms with Crippen LogP contribution in [-0.4, -0.2) is 12.6 Å². The number of rotatable bonds is 9. The zero-order chi connectivity index (χ0) is 16.9. The Labute approximate surface area is 137 Å². The van der Waals surface area contributed by atoms with E-state index < -0.39 is 5.97 Å². The lowest BCUT2D eigenvalue weighted by Crippen LogP contribution is -2.08. The molecule has 0 fully saturated rings. The maximum Gasteiger partial charge on any atom is 0.385 e. The molecular formula is C18H22N3O2+. The Hall–Kier alpha value is -2.66. The predicted octanol–water partition coefficient (Wildman–Crippen LogP) is 4.98. The number of carbonyl (C=O) groups is 1. The van der Waals surface area contributed by atoms with Crippen LogP contribution in [0.25, 0.3) is 11.1 Å². The lowest BCUT2D eigenvalue weighted by molar-refractivity contribution is -0.138. The second-order valence-electron chi connectivity index (χ2n) is 5.27. The summed E-state index contributed by atoms with van der Waals surface area (Å²) in [5.41, 5.74) is 1.04. The summed E-state index contributed by atoms with van der Waals surface area (Å²) < 4.78 is 5.13. The van der Waals surface area contributed by atoms with Crippen molar-refractivity contribution >= 4 is 17.7 Å². The van der Waals surface area contributed by atoms with Crippen molar-refractivity contribution in [1.29, 1.82) is 10.7 Å². The quantitative estimate of drug-likeness (QED) is 0.212. The molecule has 1 rings (SSSR count). The molecule has 1 aromatic rings. The molecule has 0 aliphatic heterocycles. The summed E-state index contributed by atoms with van der Waals surface area (Å²) in [6, 6.07) is 8.35. The van der Waals surface area contributed by atoms with E-state index in [-0.39, 0.29) is 5.57 Å². The zero-order valence-electron chi connectivity index (χ0n) is 13.5. The van der Waals surface area contributed by atoms with Crippen LogP contribution >= 0.6 is 0 Å². The van der Waals surface area contributed by atoms with Crippen LogP contribution < -0.4 is 0 Å². The van der Waals surface area contributed by atoms with Crippen molar-refractivity contribution in [3.63, 3.8) is 0 Å². The molecule has 1 aromatic carbocycles. The molecule has 5 nitrogen and oxygen atoms in total. The minimum absolute atomic E-state index is 0.0373. The van der Waals surface area contributed by atoms with Gasteiger partial charge < -0.3 is 4.74 Å². The van der Waals surface area contributed by atoms with E-state index >= 15 is 0 Å². The molecule has 5 heteroatoms. The Morgan fingerprint density at radius 2 is 1.83 bits per heavy atom. The minimum atomic E-state index is -0.600. The highest BCUT2D eigenvalue weighted by atomic mass is 16.5. The van der Waals surface area contributed by atoms with Gasteiger partial charge >= 0.3 is 11.7 Å². The van der Waals surface area contributed by atoms with Crippen LogP contribution in [0, 0.1) is 16.7 Å². The maximum atomic E-state index is 11.9. The fourth-order valence-electron chi connectivity index (χ4n) is 2.07. The summed E-state index contributed by atoms with van der Waals surface area (Å²) in [6.07, 6.45) is 8.12. The molecule has 0 radical (unpaired) electrons. The van der Waals surface area contributed by atoms with Gasteiger partial charge in [0.15, 0.2) is 4.98 Å². The highest BCUT2D eigenvalue weighted by Crippen LogP contribution is 2.15. The van der Waals surface area contributed by atoms with Gasteiger partial charge in [0.2, 0.25) is 5.39 Å². The number of diazo groups is 1. The molecule has 23 heavy (non-hydrogen) atoms. The summed E-state index contributed by atoms with van der Waals surface area (Å²) in [5.74, 6) is -0.600. The molecule has 0 atom stereocenters. The van der Waals surface area contributed by atoms with Gasteiger partial charge in [-0.3, -0.25) is 0 Å². The van der Waals surface area contributed by atoms with E-state index in [0.717, 1.165) is 19.3 Å². The van der Waals surface area contributed by atoms with Gasteiger partial charge in [-0.2, -0.15) is 5.26 Å². The van der Waals surface area contributed by atoms with Crippen LogP contribution in [0.1, 0.15) is 51.0 Å². The SMILES string of the molecule is CCCCCCCCOC(=O)/C(C#N)=C\c1ccc([N+]#N)cc1. The molecule has 0 aliphatic carbocycles. The third-order valence-electron chi connectivity index (χ3n) is 3.39. The van der Waals surface area contributed by atoms with E-state index in [1.165, 1.54) is 25.3 Å². The predicted molar refractivity (Wildman–Crippen MR) is 89.1 cm³/mol. The molecule has 0 saturated carbocycles. The van der Waals surface area contributed by atoms with Gasteiger partial charge in [-0.25, -0.2) is 4.79 Å². The van der Waals surface area contributed by atoms with Crippen molar-refractivity contribution in [1.82, 2.24) is 0 Å². The number of nitriles is 1. The van der Waals surface area contributed by atoms with Crippen LogP contribution in [0.2, 0.25) is 0 Å². The number of esters is 1. The Bertz CT molecular complexity index is 607. The molecule has 0 amide bonds. The number of unbranched alkanes of at least 4 members (excludes halogenated alkanes) is 5. The van der Waals surface area contributed by atoms with E-state index in [4.69, 9.17) is 15.4 Å². The number of nitrogens with zero attached hydrogens (tertiary/aromatic N) is 3. The van der Waals surface area contributed by atoms with Crippen molar-refractivity contribution in [3.8, 4) is 6.07 Å². The molecule has 0 saturated heterocycles. The highest BCUT2D eigenvalue weighted by molar-refractivity contribution is 5.97. The lowest BCUT2D eigenvalue weighted by Gasteiger charge is -2.04. The van der Waals surface area contributed by atoms with E-state index in [1.807, 2.05) is 6.07 Å². The van der Waals surface area contributed by atoms with E-state index in [0.29, 0.717) is 17.9 Å². The molecule has 0 bridgehead atoms. The maximum absolute atomic E-state index is 11.9. The fourth-order valence-corrected chi connectivity index (χ4v) is 2.07. The molecule has 0 unspecified atom stereocenters.